The number of hydrogen-bond donors (Lipinski definition) is 0. The van der Waals surface area contributed by atoms with Gasteiger partial charge < -0.3 is 4.42 Å². The summed E-state index contributed by atoms with van der Waals surface area (Å²) < 4.78 is 31.8. The standard InChI is InChI=1S/C25H27NO/c1-16(2)18-9-10-19-20-7-6-8-21(24(20)27-23(19)14-18)22-13-17(11-12-26-22)15-25(3,4)5/h6-14,16H,15H2,1-5H3/i15D2,16D. The molecule has 0 amide bonds. The van der Waals surface area contributed by atoms with Crippen LogP contribution >= 0.6 is 0 Å². The third kappa shape index (κ3) is 3.49. The van der Waals surface area contributed by atoms with E-state index in [0.717, 1.165) is 33.1 Å². The van der Waals surface area contributed by atoms with Crippen LogP contribution in [0.15, 0.2) is 59.1 Å². The first-order valence-electron chi connectivity index (χ1n) is 10.8. The number of furan rings is 1. The molecule has 27 heavy (non-hydrogen) atoms. The molecule has 0 aliphatic rings. The molecule has 0 fully saturated rings. The van der Waals surface area contributed by atoms with Gasteiger partial charge >= 0.3 is 0 Å². The normalized spacial score (nSPS) is 14.9. The van der Waals surface area contributed by atoms with Gasteiger partial charge in [-0.25, -0.2) is 0 Å². The molecule has 0 atom stereocenters. The van der Waals surface area contributed by atoms with Crippen LogP contribution in [-0.4, -0.2) is 4.98 Å². The van der Waals surface area contributed by atoms with Gasteiger partial charge in [-0.05, 0) is 53.1 Å². The highest BCUT2D eigenvalue weighted by Gasteiger charge is 2.16. The number of para-hydroxylation sites is 1. The molecule has 0 aliphatic carbocycles. The summed E-state index contributed by atoms with van der Waals surface area (Å²) in [6.07, 6.45) is 0.164. The quantitative estimate of drug-likeness (QED) is 0.381. The fourth-order valence-corrected chi connectivity index (χ4v) is 3.40. The van der Waals surface area contributed by atoms with Crippen molar-refractivity contribution in [2.75, 3.05) is 0 Å². The van der Waals surface area contributed by atoms with Gasteiger partial charge in [-0.1, -0.05) is 58.9 Å². The van der Waals surface area contributed by atoms with Crippen LogP contribution in [0.1, 0.15) is 55.8 Å². The second kappa shape index (κ2) is 6.53. The summed E-state index contributed by atoms with van der Waals surface area (Å²) in [4.78, 5) is 4.53. The lowest BCUT2D eigenvalue weighted by Crippen LogP contribution is -2.09. The third-order valence-corrected chi connectivity index (χ3v) is 4.63. The smallest absolute Gasteiger partial charge is 0.144 e. The summed E-state index contributed by atoms with van der Waals surface area (Å²) in [5.74, 6) is -0.704. The molecule has 0 aliphatic heterocycles. The average Bonchev–Trinajstić information content (AvgIpc) is 3.04. The highest BCUT2D eigenvalue weighted by molar-refractivity contribution is 6.09. The summed E-state index contributed by atoms with van der Waals surface area (Å²) in [6, 6.07) is 15.5. The van der Waals surface area contributed by atoms with E-state index in [0.29, 0.717) is 11.3 Å². The minimum atomic E-state index is -1.50. The molecular weight excluding hydrogens is 330 g/mol. The molecule has 2 aromatic carbocycles. The van der Waals surface area contributed by atoms with Crippen LogP contribution in [0.5, 0.6) is 0 Å². The van der Waals surface area contributed by atoms with Crippen LogP contribution < -0.4 is 0 Å². The Kier molecular flexibility index (Phi) is 3.49. The minimum absolute atomic E-state index is 0.545. The number of benzene rings is 2. The van der Waals surface area contributed by atoms with Crippen molar-refractivity contribution >= 4 is 21.9 Å². The largest absolute Gasteiger partial charge is 0.455 e. The van der Waals surface area contributed by atoms with Crippen molar-refractivity contribution in [3.05, 3.63) is 65.9 Å². The van der Waals surface area contributed by atoms with Crippen LogP contribution in [0, 0.1) is 5.41 Å². The Morgan fingerprint density at radius 3 is 2.63 bits per heavy atom. The van der Waals surface area contributed by atoms with Gasteiger partial charge in [-0.3, -0.25) is 4.98 Å². The van der Waals surface area contributed by atoms with Gasteiger partial charge in [0.05, 0.1) is 5.69 Å². The Hall–Kier alpha value is -2.61. The van der Waals surface area contributed by atoms with Gasteiger partial charge in [-0.2, -0.15) is 0 Å². The number of nitrogens with zero attached hydrogens (tertiary/aromatic N) is 1. The van der Waals surface area contributed by atoms with Crippen molar-refractivity contribution in [1.82, 2.24) is 4.98 Å². The van der Waals surface area contributed by atoms with Crippen molar-refractivity contribution < 1.29 is 8.53 Å². The second-order valence-electron chi connectivity index (χ2n) is 8.30. The fourth-order valence-electron chi connectivity index (χ4n) is 3.40. The van der Waals surface area contributed by atoms with E-state index < -0.39 is 17.7 Å². The number of hydrogen-bond acceptors (Lipinski definition) is 2. The molecule has 0 radical (unpaired) electrons. The van der Waals surface area contributed by atoms with Crippen molar-refractivity contribution in [3.8, 4) is 11.3 Å². The van der Waals surface area contributed by atoms with Crippen molar-refractivity contribution in [3.63, 3.8) is 0 Å². The molecule has 2 heteroatoms. The van der Waals surface area contributed by atoms with Gasteiger partial charge in [0, 0.05) is 26.6 Å². The molecule has 2 aromatic heterocycles. The first-order chi connectivity index (χ1) is 13.9. The summed E-state index contributed by atoms with van der Waals surface area (Å²) in [7, 11) is 0. The van der Waals surface area contributed by atoms with E-state index >= 15 is 0 Å². The van der Waals surface area contributed by atoms with E-state index in [2.05, 4.69) is 4.98 Å². The third-order valence-electron chi connectivity index (χ3n) is 4.63. The lowest BCUT2D eigenvalue weighted by atomic mass is 9.88. The van der Waals surface area contributed by atoms with Crippen LogP contribution in [0.4, 0.5) is 0 Å². The molecule has 0 spiro atoms. The van der Waals surface area contributed by atoms with Crippen molar-refractivity contribution in [1.29, 1.82) is 0 Å². The molecule has 0 saturated heterocycles. The Labute approximate surface area is 165 Å². The Morgan fingerprint density at radius 1 is 1.07 bits per heavy atom. The minimum Gasteiger partial charge on any atom is -0.455 e. The predicted molar refractivity (Wildman–Crippen MR) is 114 cm³/mol. The topological polar surface area (TPSA) is 26.0 Å². The molecule has 2 heterocycles. The molecule has 4 rings (SSSR count). The van der Waals surface area contributed by atoms with E-state index in [1.807, 2.05) is 77.1 Å². The summed E-state index contributed by atoms with van der Waals surface area (Å²) in [5, 5.41) is 1.99. The van der Waals surface area contributed by atoms with Crippen LogP contribution in [0.3, 0.4) is 0 Å². The van der Waals surface area contributed by atoms with E-state index in [1.54, 1.807) is 12.3 Å². The summed E-state index contributed by atoms with van der Waals surface area (Å²) in [6.45, 7) is 9.43. The van der Waals surface area contributed by atoms with E-state index in [9.17, 15) is 0 Å². The highest BCUT2D eigenvalue weighted by atomic mass is 16.3. The van der Waals surface area contributed by atoms with Crippen LogP contribution in [0.25, 0.3) is 33.2 Å². The number of aromatic nitrogens is 1. The number of pyridine rings is 1. The average molecular weight is 361 g/mol. The summed E-state index contributed by atoms with van der Waals surface area (Å²) in [5.41, 5.74) is 3.95. The van der Waals surface area contributed by atoms with Gasteiger partial charge in [0.2, 0.25) is 0 Å². The van der Waals surface area contributed by atoms with Gasteiger partial charge in [0.25, 0.3) is 0 Å². The molecule has 4 aromatic rings. The van der Waals surface area contributed by atoms with Gasteiger partial charge in [0.15, 0.2) is 0 Å². The fraction of sp³-hybridized carbons (Fsp3) is 0.320. The maximum Gasteiger partial charge on any atom is 0.144 e. The van der Waals surface area contributed by atoms with Crippen molar-refractivity contribution in [2.45, 2.75) is 46.9 Å². The molecule has 138 valence electrons. The van der Waals surface area contributed by atoms with Crippen LogP contribution in [0.2, 0.25) is 0 Å². The molecule has 0 saturated carbocycles. The maximum atomic E-state index is 8.61. The second-order valence-corrected chi connectivity index (χ2v) is 8.30. The maximum absolute atomic E-state index is 8.61. The number of rotatable bonds is 3. The van der Waals surface area contributed by atoms with E-state index in [-0.39, 0.29) is 0 Å². The monoisotopic (exact) mass is 360 g/mol. The SMILES string of the molecule is [2H]C(C)(C)c1ccc2c(c1)oc1c(-c3cc(C([2H])([2H])C(C)(C)C)ccn3)cccc12. The van der Waals surface area contributed by atoms with Gasteiger partial charge in [0.1, 0.15) is 11.2 Å². The highest BCUT2D eigenvalue weighted by Crippen LogP contribution is 2.36. The first-order valence-corrected chi connectivity index (χ1v) is 9.32. The van der Waals surface area contributed by atoms with Crippen molar-refractivity contribution in [2.24, 2.45) is 5.41 Å². The van der Waals surface area contributed by atoms with E-state index in [4.69, 9.17) is 8.53 Å². The van der Waals surface area contributed by atoms with E-state index in [1.165, 1.54) is 0 Å². The molecule has 0 bridgehead atoms. The molecule has 0 N–H and O–H groups in total. The first kappa shape index (κ1) is 14.4. The molecule has 2 nitrogen and oxygen atoms in total. The number of fused-ring (bicyclic) bond motifs is 3. The lowest BCUT2D eigenvalue weighted by molar-refractivity contribution is 0.411. The zero-order valence-electron chi connectivity index (χ0n) is 19.6. The Balaban J connectivity index is 1.91. The van der Waals surface area contributed by atoms with Crippen LogP contribution in [-0.2, 0) is 6.37 Å². The summed E-state index contributed by atoms with van der Waals surface area (Å²) >= 11 is 0. The molecule has 0 unspecified atom stereocenters. The zero-order valence-corrected chi connectivity index (χ0v) is 16.6. The Bertz CT molecular complexity index is 1240. The zero-order chi connectivity index (χ0) is 21.9. The Morgan fingerprint density at radius 2 is 1.89 bits per heavy atom. The lowest BCUT2D eigenvalue weighted by Gasteiger charge is -2.18. The molecular formula is C25H27NO. The van der Waals surface area contributed by atoms with Gasteiger partial charge in [-0.15, -0.1) is 0 Å². The predicted octanol–water partition coefficient (Wildman–Crippen LogP) is 7.36.